The van der Waals surface area contributed by atoms with Crippen LogP contribution >= 0.6 is 15.9 Å². The fourth-order valence-electron chi connectivity index (χ4n) is 3.02. The van der Waals surface area contributed by atoms with Gasteiger partial charge in [0.05, 0.1) is 0 Å². The zero-order valence-corrected chi connectivity index (χ0v) is 11.1. The Morgan fingerprint density at radius 3 is 2.82 bits per heavy atom. The van der Waals surface area contributed by atoms with Crippen molar-refractivity contribution in [2.45, 2.75) is 25.3 Å². The molecule has 1 aliphatic carbocycles. The van der Waals surface area contributed by atoms with E-state index in [1.807, 2.05) is 17.0 Å². The van der Waals surface area contributed by atoms with Crippen LogP contribution in [0.1, 0.15) is 29.6 Å². The summed E-state index contributed by atoms with van der Waals surface area (Å²) in [6.07, 6.45) is 3.65. The van der Waals surface area contributed by atoms with Gasteiger partial charge in [0.15, 0.2) is 0 Å². The minimum atomic E-state index is 0.136. The van der Waals surface area contributed by atoms with E-state index in [-0.39, 0.29) is 5.91 Å². The molecule has 1 saturated heterocycles. The van der Waals surface area contributed by atoms with Gasteiger partial charge in [0.2, 0.25) is 0 Å². The number of piperidine rings is 1. The summed E-state index contributed by atoms with van der Waals surface area (Å²) in [5.74, 6) is 0.869. The number of rotatable bonds is 1. The third-order valence-electron chi connectivity index (χ3n) is 3.91. The van der Waals surface area contributed by atoms with Crippen LogP contribution in [0.4, 0.5) is 5.69 Å². The number of nitrogens with zero attached hydrogens (tertiary/aromatic N) is 1. The van der Waals surface area contributed by atoms with E-state index in [1.54, 1.807) is 6.07 Å². The SMILES string of the molecule is Nc1cc(C(=O)N2CC3CCC2C3)ccc1Br. The Morgan fingerprint density at radius 1 is 1.41 bits per heavy atom. The Balaban J connectivity index is 1.84. The van der Waals surface area contributed by atoms with Gasteiger partial charge in [0.25, 0.3) is 5.91 Å². The molecular weight excluding hydrogens is 280 g/mol. The zero-order chi connectivity index (χ0) is 12.0. The van der Waals surface area contributed by atoms with E-state index in [1.165, 1.54) is 19.3 Å². The van der Waals surface area contributed by atoms with E-state index in [2.05, 4.69) is 15.9 Å². The molecule has 1 aromatic carbocycles. The predicted octanol–water partition coefficient (Wildman–Crippen LogP) is 2.66. The number of hydrogen-bond acceptors (Lipinski definition) is 2. The smallest absolute Gasteiger partial charge is 0.254 e. The summed E-state index contributed by atoms with van der Waals surface area (Å²) in [5.41, 5.74) is 7.15. The molecule has 1 saturated carbocycles. The molecule has 1 aliphatic heterocycles. The van der Waals surface area contributed by atoms with Gasteiger partial charge in [-0.05, 0) is 59.3 Å². The molecule has 1 amide bonds. The summed E-state index contributed by atoms with van der Waals surface area (Å²) < 4.78 is 0.844. The van der Waals surface area contributed by atoms with Crippen LogP contribution < -0.4 is 5.73 Å². The molecule has 2 fully saturated rings. The van der Waals surface area contributed by atoms with E-state index in [0.717, 1.165) is 16.9 Å². The summed E-state index contributed by atoms with van der Waals surface area (Å²) in [4.78, 5) is 14.4. The average Bonchev–Trinajstić information content (AvgIpc) is 2.93. The Hall–Kier alpha value is -1.03. The lowest BCUT2D eigenvalue weighted by molar-refractivity contribution is 0.0703. The Labute approximate surface area is 109 Å². The number of carbonyl (C=O) groups excluding carboxylic acids is 1. The number of carbonyl (C=O) groups is 1. The van der Waals surface area contributed by atoms with Gasteiger partial charge in [-0.1, -0.05) is 0 Å². The molecular formula is C13H15BrN2O. The van der Waals surface area contributed by atoms with Gasteiger partial charge in [-0.25, -0.2) is 0 Å². The van der Waals surface area contributed by atoms with Crippen LogP contribution in [0.25, 0.3) is 0 Å². The zero-order valence-electron chi connectivity index (χ0n) is 9.53. The summed E-state index contributed by atoms with van der Waals surface area (Å²) in [7, 11) is 0. The number of nitrogens with two attached hydrogens (primary N) is 1. The van der Waals surface area contributed by atoms with Crippen LogP contribution in [-0.2, 0) is 0 Å². The summed E-state index contributed by atoms with van der Waals surface area (Å²) in [5, 5.41) is 0. The molecule has 0 aromatic heterocycles. The molecule has 2 N–H and O–H groups in total. The largest absolute Gasteiger partial charge is 0.398 e. The molecule has 4 heteroatoms. The van der Waals surface area contributed by atoms with Crippen molar-refractivity contribution in [2.75, 3.05) is 12.3 Å². The normalized spacial score (nSPS) is 26.5. The van der Waals surface area contributed by atoms with E-state index < -0.39 is 0 Å². The molecule has 1 aromatic rings. The van der Waals surface area contributed by atoms with E-state index in [9.17, 15) is 4.79 Å². The third kappa shape index (κ3) is 1.84. The standard InChI is InChI=1S/C13H15BrN2O/c14-11-4-2-9(6-12(11)15)13(17)16-7-8-1-3-10(16)5-8/h2,4,6,8,10H,1,3,5,7,15H2. The van der Waals surface area contributed by atoms with Gasteiger partial charge in [-0.2, -0.15) is 0 Å². The van der Waals surface area contributed by atoms with Crippen molar-refractivity contribution in [2.24, 2.45) is 5.92 Å². The Bertz CT molecular complexity index is 474. The topological polar surface area (TPSA) is 46.3 Å². The molecule has 1 heterocycles. The predicted molar refractivity (Wildman–Crippen MR) is 70.7 cm³/mol. The number of amides is 1. The number of nitrogen functional groups attached to an aromatic ring is 1. The van der Waals surface area contributed by atoms with Crippen molar-refractivity contribution >= 4 is 27.5 Å². The highest BCUT2D eigenvalue weighted by Crippen LogP contribution is 2.38. The minimum Gasteiger partial charge on any atom is -0.398 e. The first-order valence-corrected chi connectivity index (χ1v) is 6.80. The van der Waals surface area contributed by atoms with Crippen LogP contribution in [0, 0.1) is 5.92 Å². The first-order valence-electron chi connectivity index (χ1n) is 6.01. The molecule has 2 bridgehead atoms. The maximum Gasteiger partial charge on any atom is 0.254 e. The van der Waals surface area contributed by atoms with Gasteiger partial charge in [-0.15, -0.1) is 0 Å². The van der Waals surface area contributed by atoms with Crippen molar-refractivity contribution in [1.29, 1.82) is 0 Å². The molecule has 2 aliphatic rings. The summed E-state index contributed by atoms with van der Waals surface area (Å²) in [6, 6.07) is 5.92. The fraction of sp³-hybridized carbons (Fsp3) is 0.462. The van der Waals surface area contributed by atoms with Crippen molar-refractivity contribution in [3.63, 3.8) is 0 Å². The maximum absolute atomic E-state index is 12.4. The number of fused-ring (bicyclic) bond motifs is 2. The lowest BCUT2D eigenvalue weighted by Crippen LogP contribution is -2.37. The average molecular weight is 295 g/mol. The molecule has 90 valence electrons. The van der Waals surface area contributed by atoms with Gasteiger partial charge in [0.1, 0.15) is 0 Å². The second-order valence-corrected chi connectivity index (χ2v) is 5.88. The molecule has 17 heavy (non-hydrogen) atoms. The first kappa shape index (κ1) is 11.1. The number of halogens is 1. The second kappa shape index (κ2) is 4.02. The summed E-state index contributed by atoms with van der Waals surface area (Å²) in [6.45, 7) is 0.930. The van der Waals surface area contributed by atoms with Gasteiger partial charge >= 0.3 is 0 Å². The number of hydrogen-bond donors (Lipinski definition) is 1. The summed E-state index contributed by atoms with van der Waals surface area (Å²) >= 11 is 3.34. The Kier molecular flexibility index (Phi) is 2.62. The molecule has 0 radical (unpaired) electrons. The molecule has 3 nitrogen and oxygen atoms in total. The van der Waals surface area contributed by atoms with Crippen molar-refractivity contribution < 1.29 is 4.79 Å². The fourth-order valence-corrected chi connectivity index (χ4v) is 3.26. The van der Waals surface area contributed by atoms with Crippen LogP contribution in [0.2, 0.25) is 0 Å². The monoisotopic (exact) mass is 294 g/mol. The van der Waals surface area contributed by atoms with Gasteiger partial charge in [-0.3, -0.25) is 4.79 Å². The highest BCUT2D eigenvalue weighted by molar-refractivity contribution is 9.10. The number of anilines is 1. The highest BCUT2D eigenvalue weighted by atomic mass is 79.9. The van der Waals surface area contributed by atoms with Crippen molar-refractivity contribution in [3.8, 4) is 0 Å². The highest BCUT2D eigenvalue weighted by Gasteiger charge is 2.40. The van der Waals surface area contributed by atoms with Crippen LogP contribution in [-0.4, -0.2) is 23.4 Å². The number of benzene rings is 1. The number of likely N-dealkylation sites (tertiary alicyclic amines) is 1. The lowest BCUT2D eigenvalue weighted by atomic mass is 10.1. The molecule has 0 spiro atoms. The third-order valence-corrected chi connectivity index (χ3v) is 4.64. The maximum atomic E-state index is 12.4. The van der Waals surface area contributed by atoms with E-state index in [4.69, 9.17) is 5.73 Å². The second-order valence-electron chi connectivity index (χ2n) is 5.03. The van der Waals surface area contributed by atoms with Crippen molar-refractivity contribution in [1.82, 2.24) is 4.90 Å². The van der Waals surface area contributed by atoms with Crippen LogP contribution in [0.5, 0.6) is 0 Å². The van der Waals surface area contributed by atoms with Gasteiger partial charge in [0, 0.05) is 28.3 Å². The quantitative estimate of drug-likeness (QED) is 0.810. The van der Waals surface area contributed by atoms with Crippen LogP contribution in [0.3, 0.4) is 0 Å². The Morgan fingerprint density at radius 2 is 2.24 bits per heavy atom. The van der Waals surface area contributed by atoms with E-state index in [0.29, 0.717) is 17.3 Å². The minimum absolute atomic E-state index is 0.136. The van der Waals surface area contributed by atoms with E-state index >= 15 is 0 Å². The van der Waals surface area contributed by atoms with Crippen LogP contribution in [0.15, 0.2) is 22.7 Å². The lowest BCUT2D eigenvalue weighted by Gasteiger charge is -2.27. The first-order chi connectivity index (χ1) is 8.15. The molecule has 2 atom stereocenters. The molecule has 2 unspecified atom stereocenters. The molecule has 3 rings (SSSR count). The van der Waals surface area contributed by atoms with Gasteiger partial charge < -0.3 is 10.6 Å². The van der Waals surface area contributed by atoms with Crippen molar-refractivity contribution in [3.05, 3.63) is 28.2 Å².